The van der Waals surface area contributed by atoms with E-state index in [0.29, 0.717) is 36.4 Å². The number of methoxy groups -OCH3 is 3. The summed E-state index contributed by atoms with van der Waals surface area (Å²) < 4.78 is 15.6. The van der Waals surface area contributed by atoms with Crippen LogP contribution >= 0.6 is 24.0 Å². The van der Waals surface area contributed by atoms with E-state index < -0.39 is 0 Å². The molecule has 1 aromatic heterocycles. The van der Waals surface area contributed by atoms with Crippen molar-refractivity contribution in [3.63, 3.8) is 0 Å². The van der Waals surface area contributed by atoms with Gasteiger partial charge in [-0.25, -0.2) is 9.98 Å². The van der Waals surface area contributed by atoms with Gasteiger partial charge in [-0.1, -0.05) is 12.1 Å². The predicted molar refractivity (Wildman–Crippen MR) is 108 cm³/mol. The fraction of sp³-hybridized carbons (Fsp3) is 0.294. The van der Waals surface area contributed by atoms with E-state index >= 15 is 0 Å². The van der Waals surface area contributed by atoms with Crippen LogP contribution in [0, 0.1) is 0 Å². The number of rotatable bonds is 7. The van der Waals surface area contributed by atoms with Crippen molar-refractivity contribution in [2.75, 3.05) is 21.3 Å². The molecule has 0 aliphatic rings. The topological polar surface area (TPSA) is 91.0 Å². The van der Waals surface area contributed by atoms with Gasteiger partial charge in [0.2, 0.25) is 5.88 Å². The standard InChI is InChI=1S/C17H22N4O3.HI/c1-22-14-8-7-12(9-15(14)23-2)10-19-17(18)20-11-13-5-4-6-16(21-13)24-3;/h4-9H,10-11H2,1-3H3,(H3,18,19,20);1H. The van der Waals surface area contributed by atoms with Crippen LogP contribution in [0.1, 0.15) is 11.3 Å². The second-order valence-corrected chi connectivity index (χ2v) is 4.92. The monoisotopic (exact) mass is 458 g/mol. The second-order valence-electron chi connectivity index (χ2n) is 4.92. The van der Waals surface area contributed by atoms with E-state index in [1.807, 2.05) is 30.3 Å². The average molecular weight is 458 g/mol. The zero-order chi connectivity index (χ0) is 17.4. The Labute approximate surface area is 164 Å². The van der Waals surface area contributed by atoms with Gasteiger partial charge in [-0.3, -0.25) is 0 Å². The smallest absolute Gasteiger partial charge is 0.213 e. The Morgan fingerprint density at radius 2 is 1.84 bits per heavy atom. The number of aliphatic imine (C=N–C) groups is 1. The van der Waals surface area contributed by atoms with Gasteiger partial charge in [0.1, 0.15) is 0 Å². The molecule has 8 heteroatoms. The lowest BCUT2D eigenvalue weighted by molar-refractivity contribution is 0.354. The molecule has 1 aromatic carbocycles. The number of pyridine rings is 1. The maximum absolute atomic E-state index is 5.89. The average Bonchev–Trinajstić information content (AvgIpc) is 2.64. The molecule has 0 atom stereocenters. The Balaban J connectivity index is 0.00000312. The van der Waals surface area contributed by atoms with Crippen LogP contribution in [0.2, 0.25) is 0 Å². The number of ether oxygens (including phenoxy) is 3. The summed E-state index contributed by atoms with van der Waals surface area (Å²) in [6.45, 7) is 0.906. The molecule has 25 heavy (non-hydrogen) atoms. The molecule has 0 aliphatic carbocycles. The quantitative estimate of drug-likeness (QED) is 0.376. The van der Waals surface area contributed by atoms with Gasteiger partial charge in [-0.2, -0.15) is 0 Å². The Morgan fingerprint density at radius 3 is 2.52 bits per heavy atom. The highest BCUT2D eigenvalue weighted by molar-refractivity contribution is 14.0. The first-order chi connectivity index (χ1) is 11.7. The zero-order valence-corrected chi connectivity index (χ0v) is 16.8. The van der Waals surface area contributed by atoms with Crippen LogP contribution in [0.3, 0.4) is 0 Å². The maximum atomic E-state index is 5.89. The number of guanidine groups is 1. The van der Waals surface area contributed by atoms with Gasteiger partial charge in [0.05, 0.1) is 40.1 Å². The molecule has 0 amide bonds. The third kappa shape index (κ3) is 6.29. The fourth-order valence-electron chi connectivity index (χ4n) is 2.06. The molecular formula is C17H23IN4O3. The molecule has 2 aromatic rings. The van der Waals surface area contributed by atoms with Crippen LogP contribution in [0.25, 0.3) is 0 Å². The minimum absolute atomic E-state index is 0. The molecular weight excluding hydrogens is 435 g/mol. The van der Waals surface area contributed by atoms with Crippen molar-refractivity contribution in [3.05, 3.63) is 47.7 Å². The number of benzene rings is 1. The Kier molecular flexibility index (Phi) is 8.82. The molecule has 0 unspecified atom stereocenters. The summed E-state index contributed by atoms with van der Waals surface area (Å²) >= 11 is 0. The SMILES string of the molecule is COc1cccc(CNC(N)=NCc2ccc(OC)c(OC)c2)n1.I. The highest BCUT2D eigenvalue weighted by atomic mass is 127. The molecule has 2 rings (SSSR count). The van der Waals surface area contributed by atoms with Crippen molar-refractivity contribution < 1.29 is 14.2 Å². The van der Waals surface area contributed by atoms with Crippen LogP contribution in [-0.2, 0) is 13.1 Å². The van der Waals surface area contributed by atoms with E-state index in [2.05, 4.69) is 15.3 Å². The molecule has 1 heterocycles. The van der Waals surface area contributed by atoms with Crippen molar-refractivity contribution in [2.24, 2.45) is 10.7 Å². The van der Waals surface area contributed by atoms with Gasteiger partial charge in [0.25, 0.3) is 0 Å². The molecule has 0 saturated heterocycles. The van der Waals surface area contributed by atoms with Crippen LogP contribution in [-0.4, -0.2) is 32.3 Å². The van der Waals surface area contributed by atoms with E-state index in [1.54, 1.807) is 27.4 Å². The van der Waals surface area contributed by atoms with Crippen molar-refractivity contribution in [1.82, 2.24) is 10.3 Å². The van der Waals surface area contributed by atoms with Crippen LogP contribution in [0.5, 0.6) is 17.4 Å². The Bertz CT molecular complexity index is 710. The zero-order valence-electron chi connectivity index (χ0n) is 14.5. The van der Waals surface area contributed by atoms with Gasteiger partial charge in [0, 0.05) is 6.07 Å². The van der Waals surface area contributed by atoms with Gasteiger partial charge in [-0.05, 0) is 23.8 Å². The van der Waals surface area contributed by atoms with Crippen molar-refractivity contribution in [2.45, 2.75) is 13.1 Å². The van der Waals surface area contributed by atoms with E-state index in [9.17, 15) is 0 Å². The summed E-state index contributed by atoms with van der Waals surface area (Å²) in [5.41, 5.74) is 7.68. The summed E-state index contributed by atoms with van der Waals surface area (Å²) in [4.78, 5) is 8.61. The van der Waals surface area contributed by atoms with Crippen molar-refractivity contribution in [1.29, 1.82) is 0 Å². The number of aromatic nitrogens is 1. The lowest BCUT2D eigenvalue weighted by atomic mass is 10.2. The third-order valence-corrected chi connectivity index (χ3v) is 3.32. The first kappa shape index (κ1) is 20.8. The number of nitrogens with zero attached hydrogens (tertiary/aromatic N) is 2. The number of nitrogens with two attached hydrogens (primary N) is 1. The molecule has 0 fully saturated rings. The van der Waals surface area contributed by atoms with Gasteiger partial charge < -0.3 is 25.3 Å². The molecule has 3 N–H and O–H groups in total. The summed E-state index contributed by atoms with van der Waals surface area (Å²) in [5.74, 6) is 2.25. The van der Waals surface area contributed by atoms with Crippen molar-refractivity contribution >= 4 is 29.9 Å². The predicted octanol–water partition coefficient (Wildman–Crippen LogP) is 2.33. The number of nitrogens with one attached hydrogen (secondary N) is 1. The molecule has 0 spiro atoms. The van der Waals surface area contributed by atoms with E-state index in [-0.39, 0.29) is 24.0 Å². The normalized spacial score (nSPS) is 10.6. The highest BCUT2D eigenvalue weighted by Gasteiger charge is 2.04. The lowest BCUT2D eigenvalue weighted by Crippen LogP contribution is -2.31. The molecule has 0 bridgehead atoms. The summed E-state index contributed by atoms with van der Waals surface area (Å²) in [6.07, 6.45) is 0. The van der Waals surface area contributed by atoms with E-state index in [0.717, 1.165) is 11.3 Å². The molecule has 0 saturated carbocycles. The largest absolute Gasteiger partial charge is 0.493 e. The lowest BCUT2D eigenvalue weighted by Gasteiger charge is -2.09. The van der Waals surface area contributed by atoms with Crippen LogP contribution < -0.4 is 25.3 Å². The Hall–Kier alpha value is -2.23. The highest BCUT2D eigenvalue weighted by Crippen LogP contribution is 2.27. The molecule has 7 nitrogen and oxygen atoms in total. The first-order valence-corrected chi connectivity index (χ1v) is 7.41. The number of hydrogen-bond donors (Lipinski definition) is 2. The van der Waals surface area contributed by atoms with Crippen LogP contribution in [0.4, 0.5) is 0 Å². The fourth-order valence-corrected chi connectivity index (χ4v) is 2.06. The summed E-state index contributed by atoms with van der Waals surface area (Å²) in [7, 11) is 4.78. The first-order valence-electron chi connectivity index (χ1n) is 7.41. The van der Waals surface area contributed by atoms with E-state index in [1.165, 1.54) is 0 Å². The molecule has 0 aliphatic heterocycles. The summed E-state index contributed by atoms with van der Waals surface area (Å²) in [5, 5.41) is 3.03. The third-order valence-electron chi connectivity index (χ3n) is 3.32. The minimum atomic E-state index is 0. The summed E-state index contributed by atoms with van der Waals surface area (Å²) in [6, 6.07) is 11.2. The van der Waals surface area contributed by atoms with Gasteiger partial charge in [-0.15, -0.1) is 24.0 Å². The molecule has 136 valence electrons. The number of hydrogen-bond acceptors (Lipinski definition) is 5. The maximum Gasteiger partial charge on any atom is 0.213 e. The van der Waals surface area contributed by atoms with Crippen molar-refractivity contribution in [3.8, 4) is 17.4 Å². The van der Waals surface area contributed by atoms with Gasteiger partial charge in [0.15, 0.2) is 17.5 Å². The van der Waals surface area contributed by atoms with Crippen LogP contribution in [0.15, 0.2) is 41.4 Å². The van der Waals surface area contributed by atoms with Gasteiger partial charge >= 0.3 is 0 Å². The number of halogens is 1. The minimum Gasteiger partial charge on any atom is -0.493 e. The molecule has 0 radical (unpaired) electrons. The Morgan fingerprint density at radius 1 is 1.08 bits per heavy atom. The second kappa shape index (κ2) is 10.6. The van der Waals surface area contributed by atoms with E-state index in [4.69, 9.17) is 19.9 Å².